The second kappa shape index (κ2) is 20.9. The molecular weight excluding hydrogens is 1030 g/mol. The van der Waals surface area contributed by atoms with Crippen LogP contribution >= 0.6 is 32.5 Å². The van der Waals surface area contributed by atoms with Crippen LogP contribution in [0, 0.1) is 0 Å². The summed E-state index contributed by atoms with van der Waals surface area (Å²) in [6.07, 6.45) is -7.76. The van der Waals surface area contributed by atoms with Crippen LogP contribution in [0.25, 0.3) is 11.2 Å². The van der Waals surface area contributed by atoms with Gasteiger partial charge in [0.15, 0.2) is 11.2 Å². The molecule has 14 atom stereocenters. The summed E-state index contributed by atoms with van der Waals surface area (Å²) in [6, 6.07) is 2.72. The summed E-state index contributed by atoms with van der Waals surface area (Å²) in [5.74, 6) is -0.281. The molecule has 0 aliphatic carbocycles. The van der Waals surface area contributed by atoms with Crippen LogP contribution in [-0.4, -0.2) is 140 Å². The number of nitrogens with one attached hydrogen (secondary N) is 1. The van der Waals surface area contributed by atoms with Crippen LogP contribution in [-0.2, 0) is 74.3 Å². The van der Waals surface area contributed by atoms with Crippen LogP contribution in [0.2, 0.25) is 0 Å². The molecule has 68 heavy (non-hydrogen) atoms. The van der Waals surface area contributed by atoms with Gasteiger partial charge in [0.05, 0.1) is 51.1 Å². The Hall–Kier alpha value is -3.17. The topological polar surface area (TPSA) is 402 Å². The first-order chi connectivity index (χ1) is 32.2. The van der Waals surface area contributed by atoms with E-state index in [1.807, 2.05) is 0 Å². The predicted octanol–water partition coefficient (Wildman–Crippen LogP) is -0.938. The number of hydrogen-bond donors (Lipinski definition) is 9. The SMILES string of the molecule is Nc1ccn([C@H]2C[C@H](OP(=O)(S)OC[C@H]3O[C@@H](n4ccc(N)nc4=O)C[C@@H]3O)[C@@H](COP(O)(=S)O[C@H]3C[C@H](n4cnc5c(=O)[nH]c(N)nc54)O[C@@H]3COP(O)(=S)O[C@H]3CCO[C@@H]3CO)O2)c(=O)n1. The van der Waals surface area contributed by atoms with E-state index in [9.17, 15) is 38.9 Å². The number of anilines is 3. The fraction of sp³-hybridized carbons (Fsp3) is 0.606. The molecule has 4 saturated heterocycles. The van der Waals surface area contributed by atoms with Gasteiger partial charge in [-0.2, -0.15) is 15.0 Å². The predicted molar refractivity (Wildman–Crippen MR) is 243 cm³/mol. The summed E-state index contributed by atoms with van der Waals surface area (Å²) in [5.41, 5.74) is 14.9. The van der Waals surface area contributed by atoms with Gasteiger partial charge in [-0.1, -0.05) is 12.2 Å². The van der Waals surface area contributed by atoms with Crippen LogP contribution in [0.15, 0.2) is 45.2 Å². The molecule has 4 aliphatic heterocycles. The van der Waals surface area contributed by atoms with Crippen LogP contribution in [0.1, 0.15) is 44.4 Å². The minimum absolute atomic E-state index is 0.00875. The van der Waals surface area contributed by atoms with Crippen molar-refractivity contribution >= 4 is 84.8 Å². The first kappa shape index (κ1) is 51.2. The number of ether oxygens (including phenoxy) is 4. The Kier molecular flexibility index (Phi) is 15.7. The lowest BCUT2D eigenvalue weighted by molar-refractivity contribution is -0.0538. The van der Waals surface area contributed by atoms with E-state index < -0.39 is 125 Å². The number of H-pyrrole nitrogens is 1. The average Bonchev–Trinajstić information content (AvgIpc) is 4.10. The third-order valence-corrected chi connectivity index (χ3v) is 15.8. The quantitative estimate of drug-likeness (QED) is 0.0404. The number of hydrogen-bond acceptors (Lipinski definition) is 25. The zero-order valence-electron chi connectivity index (χ0n) is 35.1. The third kappa shape index (κ3) is 12.1. The van der Waals surface area contributed by atoms with E-state index in [1.54, 1.807) is 0 Å². The van der Waals surface area contributed by atoms with Gasteiger partial charge in [-0.25, -0.2) is 19.1 Å². The van der Waals surface area contributed by atoms with Crippen molar-refractivity contribution in [3.05, 3.63) is 62.2 Å². The van der Waals surface area contributed by atoms with E-state index in [0.29, 0.717) is 6.42 Å². The first-order valence-corrected chi connectivity index (χ1v) is 28.3. The van der Waals surface area contributed by atoms with Crippen LogP contribution < -0.4 is 34.1 Å². The molecule has 8 rings (SSSR count). The van der Waals surface area contributed by atoms with Crippen molar-refractivity contribution in [2.45, 2.75) is 93.2 Å². The lowest BCUT2D eigenvalue weighted by atomic mass is 10.2. The van der Waals surface area contributed by atoms with Crippen LogP contribution in [0.5, 0.6) is 0 Å². The largest absolute Gasteiger partial charge is 0.394 e. The molecule has 4 aromatic rings. The van der Waals surface area contributed by atoms with E-state index in [1.165, 1.54) is 35.4 Å². The summed E-state index contributed by atoms with van der Waals surface area (Å²) in [6.45, 7) is -14.5. The molecule has 0 amide bonds. The second-order valence-electron chi connectivity index (χ2n) is 15.6. The molecule has 374 valence electrons. The molecule has 8 heterocycles. The van der Waals surface area contributed by atoms with Gasteiger partial charge in [0.1, 0.15) is 60.8 Å². The van der Waals surface area contributed by atoms with Gasteiger partial charge in [0.2, 0.25) is 5.95 Å². The Balaban J connectivity index is 0.960. The molecule has 0 aromatic carbocycles. The Labute approximate surface area is 398 Å². The standard InChI is InChI=1S/C33H46N11O18P3S3/c34-23-1-4-42(32(48)38-23)25-7-15(46)20(57-25)11-54-64(51,67)61-17-8-26(43-5-2-24(35)39-33(43)49)58-21(17)12-56-65(52,68)62-18-9-27(44-14-37-28-29(44)40-31(36)41-30(28)47)59-22(18)13-55-63(50,66)60-16-3-6-53-19(16)10-45/h1-2,4-5,14-22,25-27,45-46H,3,6-13H2,(H,50,66)(H,51,67)(H,52,68)(H2,34,38,48)(H2,35,39,49)(H3,36,40,41,47)/t15-,16-,17-,18-,19+,20+,21+,22+,25+,26+,27+,63?,64?,65?/m0/s1. The number of nitrogens with zero attached hydrogens (tertiary/aromatic N) is 7. The molecule has 11 N–H and O–H groups in total. The second-order valence-corrected chi connectivity index (χ2v) is 24.1. The maximum absolute atomic E-state index is 13.8. The number of nitrogen functional groups attached to an aromatic ring is 3. The molecule has 0 saturated carbocycles. The number of aromatic nitrogens is 8. The van der Waals surface area contributed by atoms with E-state index in [4.69, 9.17) is 86.9 Å². The van der Waals surface area contributed by atoms with Gasteiger partial charge in [-0.05, 0) is 35.7 Å². The Morgan fingerprint density at radius 2 is 1.29 bits per heavy atom. The maximum atomic E-state index is 13.8. The van der Waals surface area contributed by atoms with Crippen molar-refractivity contribution in [1.29, 1.82) is 0 Å². The summed E-state index contributed by atoms with van der Waals surface area (Å²) in [7, 11) is 0. The van der Waals surface area contributed by atoms with Gasteiger partial charge in [-0.15, -0.1) is 0 Å². The molecule has 4 fully saturated rings. The monoisotopic (exact) mass is 1070 g/mol. The lowest BCUT2D eigenvalue weighted by Crippen LogP contribution is -2.31. The smallest absolute Gasteiger partial charge is 0.386 e. The van der Waals surface area contributed by atoms with Gasteiger partial charge >= 0.3 is 31.6 Å². The molecule has 29 nitrogen and oxygen atoms in total. The van der Waals surface area contributed by atoms with Crippen molar-refractivity contribution in [3.63, 3.8) is 0 Å². The normalized spacial score (nSPS) is 31.2. The number of imidazole rings is 1. The van der Waals surface area contributed by atoms with Crippen LogP contribution in [0.4, 0.5) is 17.6 Å². The average molecular weight is 1070 g/mol. The van der Waals surface area contributed by atoms with Crippen molar-refractivity contribution in [3.8, 4) is 0 Å². The van der Waals surface area contributed by atoms with E-state index in [2.05, 4.69) is 37.2 Å². The maximum Gasteiger partial charge on any atom is 0.386 e. The Morgan fingerprint density at radius 3 is 1.88 bits per heavy atom. The number of aromatic amines is 1. The highest BCUT2D eigenvalue weighted by atomic mass is 32.7. The number of thiol groups is 1. The molecule has 0 bridgehead atoms. The number of aliphatic hydroxyl groups is 2. The summed E-state index contributed by atoms with van der Waals surface area (Å²) in [4.78, 5) is 78.4. The van der Waals surface area contributed by atoms with E-state index in [0.717, 1.165) is 9.13 Å². The zero-order chi connectivity index (χ0) is 48.7. The summed E-state index contributed by atoms with van der Waals surface area (Å²) < 4.78 is 75.3. The zero-order valence-corrected chi connectivity index (χ0v) is 40.3. The highest BCUT2D eigenvalue weighted by Crippen LogP contribution is 2.57. The first-order valence-electron chi connectivity index (χ1n) is 20.4. The number of nitrogens with two attached hydrogens (primary N) is 3. The molecular formula is C33H46N11O18P3S3. The minimum atomic E-state index is -4.38. The number of fused-ring (bicyclic) bond motifs is 1. The molecule has 35 heteroatoms. The molecule has 0 radical (unpaired) electrons. The Morgan fingerprint density at radius 1 is 0.765 bits per heavy atom. The van der Waals surface area contributed by atoms with E-state index >= 15 is 0 Å². The fourth-order valence-electron chi connectivity index (χ4n) is 7.77. The fourth-order valence-corrected chi connectivity index (χ4v) is 12.3. The van der Waals surface area contributed by atoms with Crippen molar-refractivity contribution in [2.24, 2.45) is 0 Å². The Bertz CT molecular complexity index is 2810. The molecule has 4 aromatic heterocycles. The van der Waals surface area contributed by atoms with Crippen LogP contribution in [0.3, 0.4) is 0 Å². The highest BCUT2D eigenvalue weighted by Gasteiger charge is 2.46. The number of aliphatic hydroxyl groups excluding tert-OH is 2. The van der Waals surface area contributed by atoms with Crippen molar-refractivity contribution < 1.29 is 70.7 Å². The van der Waals surface area contributed by atoms with Crippen molar-refractivity contribution in [2.75, 3.05) is 50.2 Å². The third-order valence-electron chi connectivity index (χ3n) is 11.0. The number of rotatable bonds is 19. The molecule has 4 aliphatic rings. The lowest BCUT2D eigenvalue weighted by Gasteiger charge is -2.27. The van der Waals surface area contributed by atoms with Gasteiger partial charge in [0, 0.05) is 44.7 Å². The van der Waals surface area contributed by atoms with Crippen molar-refractivity contribution in [1.82, 2.24) is 38.6 Å². The molecule has 0 spiro atoms. The highest BCUT2D eigenvalue weighted by molar-refractivity contribution is 8.44. The summed E-state index contributed by atoms with van der Waals surface area (Å²) >= 11 is 14.8. The van der Waals surface area contributed by atoms with Gasteiger partial charge < -0.3 is 74.2 Å². The summed E-state index contributed by atoms with van der Waals surface area (Å²) in [5, 5.41) is 20.3. The minimum Gasteiger partial charge on any atom is -0.394 e. The van der Waals surface area contributed by atoms with Gasteiger partial charge in [0.25, 0.3) is 5.56 Å². The molecule has 3 unspecified atom stereocenters. The van der Waals surface area contributed by atoms with Gasteiger partial charge in [-0.3, -0.25) is 32.5 Å². The van der Waals surface area contributed by atoms with E-state index in [-0.39, 0.29) is 61.2 Å².